The van der Waals surface area contributed by atoms with Crippen LogP contribution in [0.1, 0.15) is 60.5 Å². The van der Waals surface area contributed by atoms with E-state index in [9.17, 15) is 9.59 Å². The van der Waals surface area contributed by atoms with Gasteiger partial charge in [0.25, 0.3) is 0 Å². The summed E-state index contributed by atoms with van der Waals surface area (Å²) in [7, 11) is 0. The lowest BCUT2D eigenvalue weighted by molar-refractivity contribution is -0.140. The van der Waals surface area contributed by atoms with Gasteiger partial charge >= 0.3 is 0 Å². The molecule has 5 nitrogen and oxygen atoms in total. The van der Waals surface area contributed by atoms with E-state index < -0.39 is 0 Å². The van der Waals surface area contributed by atoms with Gasteiger partial charge < -0.3 is 10.2 Å². The average molecular weight is 364 g/mol. The molecule has 1 aliphatic carbocycles. The lowest BCUT2D eigenvalue weighted by Gasteiger charge is -2.36. The molecule has 2 amide bonds. The van der Waals surface area contributed by atoms with Gasteiger partial charge in [-0.3, -0.25) is 9.59 Å². The zero-order chi connectivity index (χ0) is 17.8. The first-order chi connectivity index (χ1) is 12.0. The third kappa shape index (κ3) is 4.60. The molecule has 0 unspecified atom stereocenters. The number of aromatic nitrogens is 1. The highest BCUT2D eigenvalue weighted by Crippen LogP contribution is 2.28. The first-order valence-electron chi connectivity index (χ1n) is 9.54. The molecule has 1 saturated heterocycles. The molecule has 138 valence electrons. The first kappa shape index (κ1) is 18.4. The number of hydrogen-bond donors (Lipinski definition) is 1. The van der Waals surface area contributed by atoms with Gasteiger partial charge in [-0.05, 0) is 39.5 Å². The Hall–Kier alpha value is -1.43. The van der Waals surface area contributed by atoms with Gasteiger partial charge in [-0.25, -0.2) is 4.98 Å². The van der Waals surface area contributed by atoms with Gasteiger partial charge in [0.15, 0.2) is 0 Å². The fourth-order valence-corrected chi connectivity index (χ4v) is 4.87. The van der Waals surface area contributed by atoms with Crippen LogP contribution in [0.25, 0.3) is 0 Å². The predicted molar refractivity (Wildman–Crippen MR) is 99.6 cm³/mol. The lowest BCUT2D eigenvalue weighted by Crippen LogP contribution is -2.49. The second-order valence-electron chi connectivity index (χ2n) is 7.36. The lowest BCUT2D eigenvalue weighted by atomic mass is 9.95. The number of rotatable bonds is 6. The summed E-state index contributed by atoms with van der Waals surface area (Å²) < 4.78 is 0. The highest BCUT2D eigenvalue weighted by Gasteiger charge is 2.34. The van der Waals surface area contributed by atoms with Gasteiger partial charge in [-0.15, -0.1) is 11.3 Å². The summed E-state index contributed by atoms with van der Waals surface area (Å²) in [6, 6.07) is 0.375. The Morgan fingerprint density at radius 1 is 1.28 bits per heavy atom. The molecule has 6 heteroatoms. The molecule has 0 radical (unpaired) electrons. The molecular formula is C19H29N3O2S. The van der Waals surface area contributed by atoms with E-state index in [-0.39, 0.29) is 17.7 Å². The topological polar surface area (TPSA) is 62.3 Å². The van der Waals surface area contributed by atoms with E-state index in [0.29, 0.717) is 32.0 Å². The van der Waals surface area contributed by atoms with Crippen LogP contribution in [0.3, 0.4) is 0 Å². The molecule has 1 saturated carbocycles. The van der Waals surface area contributed by atoms with Crippen LogP contribution in [0.2, 0.25) is 0 Å². The average Bonchev–Trinajstić information content (AvgIpc) is 3.22. The summed E-state index contributed by atoms with van der Waals surface area (Å²) in [5.41, 5.74) is 1.11. The van der Waals surface area contributed by atoms with E-state index in [1.54, 1.807) is 11.3 Å². The molecule has 25 heavy (non-hydrogen) atoms. The summed E-state index contributed by atoms with van der Waals surface area (Å²) in [5, 5.41) is 4.22. The Morgan fingerprint density at radius 2 is 2.04 bits per heavy atom. The second kappa shape index (κ2) is 8.30. The molecule has 0 bridgehead atoms. The number of likely N-dealkylation sites (tertiary alicyclic amines) is 1. The fraction of sp³-hybridized carbons (Fsp3) is 0.737. The number of nitrogens with one attached hydrogen (secondary N) is 1. The van der Waals surface area contributed by atoms with Crippen molar-refractivity contribution in [2.45, 2.75) is 71.3 Å². The Balaban J connectivity index is 1.42. The molecule has 1 atom stereocenters. The maximum Gasteiger partial charge on any atom is 0.224 e. The number of piperidine rings is 1. The number of carbonyl (C=O) groups is 2. The van der Waals surface area contributed by atoms with Crippen molar-refractivity contribution in [1.29, 1.82) is 0 Å². The predicted octanol–water partition coefficient (Wildman–Crippen LogP) is 2.99. The van der Waals surface area contributed by atoms with Crippen molar-refractivity contribution in [2.24, 2.45) is 5.92 Å². The van der Waals surface area contributed by atoms with Gasteiger partial charge in [0.2, 0.25) is 11.8 Å². The zero-order valence-electron chi connectivity index (χ0n) is 15.3. The van der Waals surface area contributed by atoms with Gasteiger partial charge in [-0.1, -0.05) is 12.8 Å². The molecule has 1 aromatic heterocycles. The molecule has 0 spiro atoms. The van der Waals surface area contributed by atoms with Gasteiger partial charge in [-0.2, -0.15) is 0 Å². The van der Waals surface area contributed by atoms with Crippen LogP contribution in [-0.2, 0) is 16.0 Å². The highest BCUT2D eigenvalue weighted by atomic mass is 32.1. The van der Waals surface area contributed by atoms with Crippen LogP contribution in [-0.4, -0.2) is 40.8 Å². The molecule has 2 fully saturated rings. The van der Waals surface area contributed by atoms with Crippen molar-refractivity contribution in [3.63, 3.8) is 0 Å². The Morgan fingerprint density at radius 3 is 2.72 bits per heavy atom. The van der Waals surface area contributed by atoms with Crippen molar-refractivity contribution < 1.29 is 9.59 Å². The summed E-state index contributed by atoms with van der Waals surface area (Å²) in [4.78, 5) is 32.5. The van der Waals surface area contributed by atoms with Gasteiger partial charge in [0.05, 0.1) is 16.6 Å². The quantitative estimate of drug-likeness (QED) is 0.790. The fourth-order valence-electron chi connectivity index (χ4n) is 3.90. The monoisotopic (exact) mass is 363 g/mol. The highest BCUT2D eigenvalue weighted by molar-refractivity contribution is 7.11. The van der Waals surface area contributed by atoms with Gasteiger partial charge in [0, 0.05) is 36.9 Å². The molecule has 1 aliphatic heterocycles. The number of hydrogen-bond acceptors (Lipinski definition) is 4. The van der Waals surface area contributed by atoms with Crippen LogP contribution >= 0.6 is 11.3 Å². The summed E-state index contributed by atoms with van der Waals surface area (Å²) in [6.07, 6.45) is 7.67. The standard InChI is InChI=1S/C19H29N3O2S/c1-13-14(2)25-17(21-13)8-5-11-20-19(24)15-9-10-18(23)22(12-15)16-6-3-4-7-16/h15-16H,3-12H2,1-2H3,(H,20,24)/t15-/m1/s1. The van der Waals surface area contributed by atoms with Crippen LogP contribution < -0.4 is 5.32 Å². The third-order valence-corrected chi connectivity index (χ3v) is 6.65. The maximum absolute atomic E-state index is 12.5. The normalized spacial score (nSPS) is 21.8. The summed E-state index contributed by atoms with van der Waals surface area (Å²) in [6.45, 7) is 5.43. The second-order valence-corrected chi connectivity index (χ2v) is 8.65. The summed E-state index contributed by atoms with van der Waals surface area (Å²) >= 11 is 1.75. The number of carbonyl (C=O) groups excluding carboxylic acids is 2. The van der Waals surface area contributed by atoms with Crippen molar-refractivity contribution in [2.75, 3.05) is 13.1 Å². The van der Waals surface area contributed by atoms with E-state index in [2.05, 4.69) is 17.2 Å². The Kier molecular flexibility index (Phi) is 6.10. The van der Waals surface area contributed by atoms with Crippen LogP contribution in [0.15, 0.2) is 0 Å². The van der Waals surface area contributed by atoms with E-state index in [1.807, 2.05) is 11.8 Å². The number of aryl methyl sites for hydroxylation is 3. The molecule has 0 aromatic carbocycles. The molecule has 2 aliphatic rings. The van der Waals surface area contributed by atoms with E-state index in [1.165, 1.54) is 17.7 Å². The number of nitrogens with zero attached hydrogens (tertiary/aromatic N) is 2. The number of amides is 2. The first-order valence-corrected chi connectivity index (χ1v) is 10.4. The minimum absolute atomic E-state index is 0.0392. The van der Waals surface area contributed by atoms with Crippen molar-refractivity contribution in [3.8, 4) is 0 Å². The van der Waals surface area contributed by atoms with Crippen molar-refractivity contribution in [1.82, 2.24) is 15.2 Å². The SMILES string of the molecule is Cc1nc(CCCNC(=O)[C@@H]2CCC(=O)N(C3CCCC3)C2)sc1C. The van der Waals surface area contributed by atoms with Crippen molar-refractivity contribution >= 4 is 23.2 Å². The Bertz CT molecular complexity index is 603. The van der Waals surface area contributed by atoms with Crippen LogP contribution in [0, 0.1) is 19.8 Å². The van der Waals surface area contributed by atoms with E-state index in [0.717, 1.165) is 36.4 Å². The largest absolute Gasteiger partial charge is 0.356 e. The van der Waals surface area contributed by atoms with Crippen LogP contribution in [0.5, 0.6) is 0 Å². The van der Waals surface area contributed by atoms with E-state index >= 15 is 0 Å². The van der Waals surface area contributed by atoms with Crippen LogP contribution in [0.4, 0.5) is 0 Å². The van der Waals surface area contributed by atoms with E-state index in [4.69, 9.17) is 0 Å². The third-order valence-electron chi connectivity index (χ3n) is 5.52. The minimum Gasteiger partial charge on any atom is -0.356 e. The molecule has 3 rings (SSSR count). The molecule has 1 N–H and O–H groups in total. The van der Waals surface area contributed by atoms with Crippen molar-refractivity contribution in [3.05, 3.63) is 15.6 Å². The smallest absolute Gasteiger partial charge is 0.224 e. The Labute approximate surface area is 154 Å². The van der Waals surface area contributed by atoms with Gasteiger partial charge in [0.1, 0.15) is 0 Å². The minimum atomic E-state index is -0.0392. The molecular weight excluding hydrogens is 334 g/mol. The molecule has 1 aromatic rings. The zero-order valence-corrected chi connectivity index (χ0v) is 16.2. The molecule has 2 heterocycles. The summed E-state index contributed by atoms with van der Waals surface area (Å²) in [5.74, 6) is 0.315. The maximum atomic E-state index is 12.5. The number of thiazole rings is 1.